The lowest BCUT2D eigenvalue weighted by Gasteiger charge is -2.14. The van der Waals surface area contributed by atoms with Crippen molar-refractivity contribution in [2.24, 2.45) is 0 Å². The molecule has 2 aromatic rings. The van der Waals surface area contributed by atoms with Gasteiger partial charge in [-0.1, -0.05) is 12.1 Å². The summed E-state index contributed by atoms with van der Waals surface area (Å²) in [7, 11) is 0. The van der Waals surface area contributed by atoms with Crippen molar-refractivity contribution in [3.63, 3.8) is 0 Å². The van der Waals surface area contributed by atoms with Crippen LogP contribution in [0.2, 0.25) is 0 Å². The lowest BCUT2D eigenvalue weighted by Crippen LogP contribution is -2.38. The van der Waals surface area contributed by atoms with Crippen LogP contribution in [0.4, 0.5) is 27.8 Å². The van der Waals surface area contributed by atoms with Crippen LogP contribution >= 0.6 is 28.4 Å². The molecule has 10 heteroatoms. The van der Waals surface area contributed by atoms with E-state index >= 15 is 0 Å². The lowest BCUT2D eigenvalue weighted by atomic mass is 10.1. The van der Waals surface area contributed by atoms with E-state index in [0.717, 1.165) is 4.90 Å². The highest BCUT2D eigenvalue weighted by atomic mass is 127. The zero-order valence-electron chi connectivity index (χ0n) is 11.0. The molecule has 3 nitrogen and oxygen atoms in total. The summed E-state index contributed by atoms with van der Waals surface area (Å²) in [5.74, 6) is -8.26. The molecule has 1 unspecified atom stereocenters. The van der Waals surface area contributed by atoms with Gasteiger partial charge in [0.05, 0.1) is 30.4 Å². The van der Waals surface area contributed by atoms with Crippen molar-refractivity contribution in [3.05, 3.63) is 23.8 Å². The van der Waals surface area contributed by atoms with Crippen molar-refractivity contribution < 1.29 is 22.0 Å². The van der Waals surface area contributed by atoms with Crippen LogP contribution in [-0.4, -0.2) is 34.5 Å². The fourth-order valence-corrected chi connectivity index (χ4v) is 4.05. The fraction of sp³-hybridized carbons (Fsp3) is 0.417. The fourth-order valence-electron chi connectivity index (χ4n) is 2.53. The smallest absolute Gasteiger partial charge is 0.329 e. The molecular weight excluding hydrogens is 439 g/mol. The van der Waals surface area contributed by atoms with Gasteiger partial charge in [0.25, 0.3) is 0 Å². The van der Waals surface area contributed by atoms with Crippen molar-refractivity contribution in [2.75, 3.05) is 18.0 Å². The molecule has 2 heterocycles. The molecule has 1 atom stereocenters. The maximum Gasteiger partial charge on any atom is 0.329 e. The first-order valence-corrected chi connectivity index (χ1v) is 10.3. The number of benzene rings is 1. The van der Waals surface area contributed by atoms with Gasteiger partial charge >= 0.3 is 11.8 Å². The van der Waals surface area contributed by atoms with Crippen molar-refractivity contribution >= 4 is 45.1 Å². The van der Waals surface area contributed by atoms with Crippen LogP contribution in [-0.2, 0) is 6.67 Å². The van der Waals surface area contributed by atoms with Gasteiger partial charge in [-0.15, -0.1) is 5.10 Å². The number of fused-ring (bicyclic) bond motifs is 1. The summed E-state index contributed by atoms with van der Waals surface area (Å²) in [6, 6.07) is 4.80. The van der Waals surface area contributed by atoms with E-state index in [1.807, 2.05) is 22.0 Å². The molecule has 1 aliphatic rings. The molecule has 0 saturated carbocycles. The summed E-state index contributed by atoms with van der Waals surface area (Å²) >= 11 is 2.04. The molecule has 0 spiro atoms. The second-order valence-corrected chi connectivity index (χ2v) is 7.07. The third kappa shape index (κ3) is 2.36. The molecule has 1 saturated heterocycles. The number of halogens is 6. The highest BCUT2D eigenvalue weighted by molar-refractivity contribution is 14.2. The van der Waals surface area contributed by atoms with Crippen LogP contribution in [0.15, 0.2) is 18.2 Å². The largest absolute Gasteiger partial charge is 0.342 e. The number of rotatable bonds is 3. The van der Waals surface area contributed by atoms with E-state index in [1.54, 1.807) is 12.1 Å². The average Bonchev–Trinajstić information content (AvgIpc) is 2.93. The Bertz CT molecular complexity index is 704. The molecule has 1 aliphatic heterocycles. The summed E-state index contributed by atoms with van der Waals surface area (Å²) in [5.41, 5.74) is 0.809. The van der Waals surface area contributed by atoms with Crippen LogP contribution in [0.1, 0.15) is 5.56 Å². The Balaban J connectivity index is 2.16. The van der Waals surface area contributed by atoms with Crippen LogP contribution < -0.4 is 4.90 Å². The number of anilines is 1. The Labute approximate surface area is 137 Å². The predicted molar refractivity (Wildman–Crippen MR) is 84.4 cm³/mol. The predicted octanol–water partition coefficient (Wildman–Crippen LogP) is 4.39. The number of aromatic nitrogens is 2. The highest BCUT2D eigenvalue weighted by Crippen LogP contribution is 2.45. The van der Waals surface area contributed by atoms with E-state index in [2.05, 4.69) is 5.10 Å². The Morgan fingerprint density at radius 2 is 1.82 bits per heavy atom. The molecular formula is C12H10F5IN3P. The Kier molecular flexibility index (Phi) is 3.99. The Hall–Kier alpha value is -0.700. The minimum Gasteiger partial charge on any atom is -0.342 e. The zero-order chi connectivity index (χ0) is 16.1. The standard InChI is InChI=1S/C12H10F5IN3P/c13-4-7-2-1-3-8-9(7)10(19-21(8)22-18)20-5-11(14,15)12(16,17)6-20/h1-3,22H,4-6H2. The van der Waals surface area contributed by atoms with Crippen molar-refractivity contribution in [1.29, 1.82) is 0 Å². The summed E-state index contributed by atoms with van der Waals surface area (Å²) in [4.78, 5) is 0.842. The molecule has 3 rings (SSSR count). The molecule has 0 N–H and O–H groups in total. The summed E-state index contributed by atoms with van der Waals surface area (Å²) in [6.07, 6.45) is 0.142. The van der Waals surface area contributed by atoms with Crippen LogP contribution in [0, 0.1) is 0 Å². The first-order valence-electron chi connectivity index (χ1n) is 6.24. The van der Waals surface area contributed by atoms with Gasteiger partial charge < -0.3 is 4.90 Å². The van der Waals surface area contributed by atoms with E-state index in [0.29, 0.717) is 10.9 Å². The maximum atomic E-state index is 13.4. The van der Waals surface area contributed by atoms with Crippen molar-refractivity contribution in [1.82, 2.24) is 9.55 Å². The van der Waals surface area contributed by atoms with E-state index in [-0.39, 0.29) is 17.8 Å². The number of hydrogen-bond acceptors (Lipinski definition) is 2. The molecule has 0 bridgehead atoms. The van der Waals surface area contributed by atoms with Gasteiger partial charge in [0.1, 0.15) is 6.67 Å². The van der Waals surface area contributed by atoms with E-state index in [9.17, 15) is 22.0 Å². The first kappa shape index (κ1) is 16.2. The summed E-state index contributed by atoms with van der Waals surface area (Å²) in [5, 5.41) is 4.47. The molecule has 1 aromatic heterocycles. The van der Waals surface area contributed by atoms with E-state index in [4.69, 9.17) is 0 Å². The minimum absolute atomic E-state index is 0.00994. The normalized spacial score (nSPS) is 20.5. The zero-order valence-corrected chi connectivity index (χ0v) is 14.1. The van der Waals surface area contributed by atoms with Crippen molar-refractivity contribution in [3.8, 4) is 0 Å². The third-order valence-electron chi connectivity index (χ3n) is 3.61. The minimum atomic E-state index is -4.12. The van der Waals surface area contributed by atoms with E-state index in [1.165, 1.54) is 10.5 Å². The van der Waals surface area contributed by atoms with Gasteiger partial charge in [-0.3, -0.25) is 0 Å². The van der Waals surface area contributed by atoms with Crippen LogP contribution in [0.25, 0.3) is 10.9 Å². The molecule has 0 radical (unpaired) electrons. The van der Waals surface area contributed by atoms with Gasteiger partial charge in [0, 0.05) is 0 Å². The van der Waals surface area contributed by atoms with E-state index < -0.39 is 31.6 Å². The second kappa shape index (κ2) is 5.43. The average molecular weight is 449 g/mol. The summed E-state index contributed by atoms with van der Waals surface area (Å²) in [6.45, 7) is -3.07. The van der Waals surface area contributed by atoms with Crippen LogP contribution in [0.3, 0.4) is 0 Å². The molecule has 120 valence electrons. The third-order valence-corrected chi connectivity index (χ3v) is 5.48. The van der Waals surface area contributed by atoms with Gasteiger partial charge in [0.2, 0.25) is 0 Å². The molecule has 0 aliphatic carbocycles. The monoisotopic (exact) mass is 449 g/mol. The Morgan fingerprint density at radius 3 is 2.36 bits per heavy atom. The highest BCUT2D eigenvalue weighted by Gasteiger charge is 2.63. The molecule has 0 amide bonds. The molecule has 1 fully saturated rings. The number of alkyl halides is 5. The first-order chi connectivity index (χ1) is 10.3. The number of nitrogens with zero attached hydrogens (tertiary/aromatic N) is 3. The van der Waals surface area contributed by atoms with Gasteiger partial charge in [-0.25, -0.2) is 8.84 Å². The molecule has 22 heavy (non-hydrogen) atoms. The molecule has 1 aromatic carbocycles. The van der Waals surface area contributed by atoms with Gasteiger partial charge in [0.15, 0.2) is 5.82 Å². The Morgan fingerprint density at radius 1 is 1.18 bits per heavy atom. The topological polar surface area (TPSA) is 21.1 Å². The maximum absolute atomic E-state index is 13.4. The van der Waals surface area contributed by atoms with Gasteiger partial charge in [-0.2, -0.15) is 17.6 Å². The summed E-state index contributed by atoms with van der Waals surface area (Å²) < 4.78 is 68.4. The number of hydrogen-bond donors (Lipinski definition) is 0. The van der Waals surface area contributed by atoms with Crippen molar-refractivity contribution in [2.45, 2.75) is 18.5 Å². The second-order valence-electron chi connectivity index (χ2n) is 5.03. The van der Waals surface area contributed by atoms with Gasteiger partial charge in [-0.05, 0) is 33.7 Å². The SMILES string of the molecule is FCc1cccc2c1c(N1CC(F)(F)C(F)(F)C1)nn2PI. The van der Waals surface area contributed by atoms with Crippen LogP contribution in [0.5, 0.6) is 0 Å². The lowest BCUT2D eigenvalue weighted by molar-refractivity contribution is -0.172. The quantitative estimate of drug-likeness (QED) is 0.394.